The molecule has 0 saturated heterocycles. The molecule has 3 atom stereocenters. The molecule has 0 heterocycles. The number of carbonyl (C=O) groups excluding carboxylic acids is 2. The molecular weight excluding hydrogens is 469 g/mol. The molecule has 0 unspecified atom stereocenters. The van der Waals surface area contributed by atoms with Gasteiger partial charge in [0.05, 0.1) is 6.42 Å². The summed E-state index contributed by atoms with van der Waals surface area (Å²) in [6.07, 6.45) is 9.63. The van der Waals surface area contributed by atoms with Crippen LogP contribution in [0.1, 0.15) is 124 Å². The van der Waals surface area contributed by atoms with Crippen molar-refractivity contribution >= 4 is 12.1 Å². The lowest BCUT2D eigenvalue weighted by Crippen LogP contribution is -2.57. The van der Waals surface area contributed by atoms with Gasteiger partial charge in [-0.05, 0) is 75.0 Å². The van der Waals surface area contributed by atoms with Crippen molar-refractivity contribution in [1.82, 2.24) is 5.32 Å². The summed E-state index contributed by atoms with van der Waals surface area (Å²) in [4.78, 5) is 25.7. The van der Waals surface area contributed by atoms with Gasteiger partial charge in [-0.1, -0.05) is 66.2 Å². The van der Waals surface area contributed by atoms with E-state index in [2.05, 4.69) is 33.0 Å². The number of rotatable bonds is 8. The predicted octanol–water partition coefficient (Wildman–Crippen LogP) is 8.02. The molecule has 1 aromatic carbocycles. The molecule has 0 radical (unpaired) electrons. The zero-order chi connectivity index (χ0) is 27.4. The lowest BCUT2D eigenvalue weighted by atomic mass is 9.59. The van der Waals surface area contributed by atoms with Crippen LogP contribution in [0, 0.1) is 17.2 Å². The van der Waals surface area contributed by atoms with Crippen molar-refractivity contribution in [2.24, 2.45) is 11.3 Å². The number of benzene rings is 1. The number of unbranched alkanes of at least 4 members (excludes halogenated alkanes) is 2. The lowest BCUT2D eigenvalue weighted by Gasteiger charge is -2.49. The Bertz CT molecular complexity index is 967. The van der Waals surface area contributed by atoms with Crippen LogP contribution in [0.3, 0.4) is 0 Å². The van der Waals surface area contributed by atoms with Gasteiger partial charge in [-0.2, -0.15) is 0 Å². The van der Waals surface area contributed by atoms with E-state index in [0.717, 1.165) is 63.4 Å². The van der Waals surface area contributed by atoms with Gasteiger partial charge in [0.25, 0.3) is 0 Å². The number of esters is 1. The minimum absolute atomic E-state index is 0.122. The molecule has 6 heteroatoms. The molecule has 0 spiro atoms. The first-order chi connectivity index (χ1) is 17.2. The Morgan fingerprint density at radius 3 is 2.51 bits per heavy atom. The highest BCUT2D eigenvalue weighted by Gasteiger charge is 2.48. The summed E-state index contributed by atoms with van der Waals surface area (Å²) in [5, 5.41) is 3.17. The first-order valence-corrected chi connectivity index (χ1v) is 14.3. The zero-order valence-electron chi connectivity index (χ0n) is 24.1. The Hall–Kier alpha value is -2.11. The van der Waals surface area contributed by atoms with Crippen LogP contribution in [0.4, 0.5) is 9.18 Å². The third-order valence-electron chi connectivity index (χ3n) is 8.16. The fraction of sp³-hybridized carbons (Fsp3) is 0.742. The molecule has 1 aromatic rings. The van der Waals surface area contributed by atoms with Crippen LogP contribution in [-0.4, -0.2) is 23.7 Å². The minimum atomic E-state index is -0.600. The van der Waals surface area contributed by atoms with Crippen molar-refractivity contribution in [3.63, 3.8) is 0 Å². The van der Waals surface area contributed by atoms with Crippen LogP contribution in [0.2, 0.25) is 0 Å². The average molecular weight is 518 g/mol. The Labute approximate surface area is 223 Å². The van der Waals surface area contributed by atoms with Gasteiger partial charge in [-0.3, -0.25) is 4.79 Å². The summed E-state index contributed by atoms with van der Waals surface area (Å²) in [5.41, 5.74) is 0.281. The quantitative estimate of drug-likeness (QED) is 0.215. The van der Waals surface area contributed by atoms with Gasteiger partial charge in [0.2, 0.25) is 0 Å². The summed E-state index contributed by atoms with van der Waals surface area (Å²) in [6.45, 7) is 14.0. The van der Waals surface area contributed by atoms with Gasteiger partial charge < -0.3 is 14.8 Å². The van der Waals surface area contributed by atoms with E-state index in [1.54, 1.807) is 0 Å². The van der Waals surface area contributed by atoms with E-state index in [1.165, 1.54) is 6.07 Å². The van der Waals surface area contributed by atoms with Crippen LogP contribution < -0.4 is 10.1 Å². The summed E-state index contributed by atoms with van der Waals surface area (Å²) < 4.78 is 26.9. The maximum atomic E-state index is 15.5. The van der Waals surface area contributed by atoms with E-state index in [0.29, 0.717) is 12.0 Å². The minimum Gasteiger partial charge on any atom is -0.444 e. The number of hydrogen-bond acceptors (Lipinski definition) is 4. The second-order valence-corrected chi connectivity index (χ2v) is 13.3. The Balaban J connectivity index is 1.88. The molecule has 1 N–H and O–H groups in total. The predicted molar refractivity (Wildman–Crippen MR) is 145 cm³/mol. The molecule has 0 aliphatic heterocycles. The molecule has 0 aromatic heterocycles. The zero-order valence-corrected chi connectivity index (χ0v) is 24.1. The van der Waals surface area contributed by atoms with Crippen molar-refractivity contribution in [2.75, 3.05) is 0 Å². The van der Waals surface area contributed by atoms with Gasteiger partial charge in [0.15, 0.2) is 0 Å². The molecule has 1 fully saturated rings. The maximum Gasteiger partial charge on any atom is 0.407 e. The topological polar surface area (TPSA) is 64.6 Å². The standard InChI is InChI=1S/C31H48FNO4/c1-8-9-12-15-30(5,6)20-26(34)36-22-18-24-23(25(32)19-22)17-21-14-11-10-13-16-31(24,7)27(21)33-28(35)37-29(2,3)4/h18-19,21,27H,8-17,20H2,1-7H3,(H,33,35)/t21-,27-,31+/m0/s1. The van der Waals surface area contributed by atoms with Crippen LogP contribution in [0.15, 0.2) is 12.1 Å². The summed E-state index contributed by atoms with van der Waals surface area (Å²) >= 11 is 0. The van der Waals surface area contributed by atoms with Gasteiger partial charge in [0.1, 0.15) is 17.2 Å². The molecule has 1 amide bonds. The molecule has 2 aliphatic carbocycles. The SMILES string of the molecule is CCCCCC(C)(C)CC(=O)Oc1cc(F)c2c(c1)[C@@]1(C)CCCCC[C@@H](C2)[C@@H]1NC(=O)OC(C)(C)C. The second-order valence-electron chi connectivity index (χ2n) is 13.3. The van der Waals surface area contributed by atoms with Crippen molar-refractivity contribution in [2.45, 2.75) is 136 Å². The number of carbonyl (C=O) groups is 2. The third kappa shape index (κ3) is 7.70. The highest BCUT2D eigenvalue weighted by Crippen LogP contribution is 2.48. The number of nitrogens with one attached hydrogen (secondary N) is 1. The molecule has 2 bridgehead atoms. The third-order valence-corrected chi connectivity index (χ3v) is 8.16. The van der Waals surface area contributed by atoms with Crippen LogP contribution in [0.5, 0.6) is 5.75 Å². The van der Waals surface area contributed by atoms with Crippen LogP contribution in [-0.2, 0) is 21.4 Å². The first kappa shape index (κ1) is 29.4. The highest BCUT2D eigenvalue weighted by molar-refractivity contribution is 5.73. The lowest BCUT2D eigenvalue weighted by molar-refractivity contribution is -0.136. The molecule has 208 valence electrons. The number of amides is 1. The van der Waals surface area contributed by atoms with Gasteiger partial charge >= 0.3 is 12.1 Å². The van der Waals surface area contributed by atoms with E-state index in [1.807, 2.05) is 26.8 Å². The van der Waals surface area contributed by atoms with Crippen molar-refractivity contribution < 1.29 is 23.5 Å². The van der Waals surface area contributed by atoms with Gasteiger partial charge in [0, 0.05) is 17.5 Å². The summed E-state index contributed by atoms with van der Waals surface area (Å²) in [5.74, 6) is -0.281. The largest absolute Gasteiger partial charge is 0.444 e. The van der Waals surface area contributed by atoms with E-state index >= 15 is 4.39 Å². The molecule has 37 heavy (non-hydrogen) atoms. The Morgan fingerprint density at radius 2 is 1.84 bits per heavy atom. The van der Waals surface area contributed by atoms with Crippen molar-refractivity contribution in [3.8, 4) is 5.75 Å². The molecular formula is C31H48FNO4. The Kier molecular flexibility index (Phi) is 9.34. The summed E-state index contributed by atoms with van der Waals surface area (Å²) in [6, 6.07) is 3.03. The second kappa shape index (κ2) is 11.7. The maximum absolute atomic E-state index is 15.5. The number of fused-ring (bicyclic) bond motifs is 4. The molecule has 2 aliphatic rings. The number of ether oxygens (including phenoxy) is 2. The number of hydrogen-bond donors (Lipinski definition) is 1. The van der Waals surface area contributed by atoms with E-state index in [-0.39, 0.29) is 41.3 Å². The van der Waals surface area contributed by atoms with Crippen molar-refractivity contribution in [1.29, 1.82) is 0 Å². The van der Waals surface area contributed by atoms with E-state index in [9.17, 15) is 9.59 Å². The monoisotopic (exact) mass is 517 g/mol. The number of halogens is 1. The number of alkyl carbamates (subject to hydrolysis) is 1. The van der Waals surface area contributed by atoms with Gasteiger partial charge in [-0.15, -0.1) is 0 Å². The molecule has 3 rings (SSSR count). The highest BCUT2D eigenvalue weighted by atomic mass is 19.1. The molecule has 5 nitrogen and oxygen atoms in total. The Morgan fingerprint density at radius 1 is 1.11 bits per heavy atom. The van der Waals surface area contributed by atoms with Gasteiger partial charge in [-0.25, -0.2) is 9.18 Å². The first-order valence-electron chi connectivity index (χ1n) is 14.3. The van der Waals surface area contributed by atoms with E-state index in [4.69, 9.17) is 9.47 Å². The fourth-order valence-electron chi connectivity index (χ4n) is 6.30. The fourth-order valence-corrected chi connectivity index (χ4v) is 6.30. The molecule has 1 saturated carbocycles. The normalized spacial score (nSPS) is 23.9. The smallest absolute Gasteiger partial charge is 0.407 e. The van der Waals surface area contributed by atoms with E-state index < -0.39 is 17.1 Å². The van der Waals surface area contributed by atoms with Crippen LogP contribution >= 0.6 is 0 Å². The summed E-state index contributed by atoms with van der Waals surface area (Å²) in [7, 11) is 0. The van der Waals surface area contributed by atoms with Crippen molar-refractivity contribution in [3.05, 3.63) is 29.1 Å². The van der Waals surface area contributed by atoms with Crippen LogP contribution in [0.25, 0.3) is 0 Å². The average Bonchev–Trinajstić information content (AvgIpc) is 2.74.